The summed E-state index contributed by atoms with van der Waals surface area (Å²) in [4.78, 5) is 2.27. The summed E-state index contributed by atoms with van der Waals surface area (Å²) >= 11 is 7.50. The second-order valence-electron chi connectivity index (χ2n) is 8.79. The highest BCUT2D eigenvalue weighted by atomic mass is 35.5. The van der Waals surface area contributed by atoms with Crippen molar-refractivity contribution in [3.05, 3.63) is 59.4 Å². The van der Waals surface area contributed by atoms with Gasteiger partial charge in [0, 0.05) is 36.6 Å². The minimum absolute atomic E-state index is 0.0308. The molecule has 5 nitrogen and oxygen atoms in total. The minimum atomic E-state index is -0.840. The summed E-state index contributed by atoms with van der Waals surface area (Å²) in [5.41, 5.74) is 1.36. The number of aliphatic hydroxyl groups excluding tert-OH is 2. The third-order valence-electron chi connectivity index (χ3n) is 5.85. The van der Waals surface area contributed by atoms with E-state index in [0.717, 1.165) is 35.7 Å². The highest BCUT2D eigenvalue weighted by molar-refractivity contribution is 7.99. The minimum Gasteiger partial charge on any atom is -0.491 e. The van der Waals surface area contributed by atoms with Crippen molar-refractivity contribution in [2.24, 2.45) is 0 Å². The van der Waals surface area contributed by atoms with Gasteiger partial charge in [-0.3, -0.25) is 4.90 Å². The molecule has 2 unspecified atom stereocenters. The predicted molar refractivity (Wildman–Crippen MR) is 132 cm³/mol. The molecule has 2 atom stereocenters. The van der Waals surface area contributed by atoms with Crippen molar-refractivity contribution in [1.29, 1.82) is 0 Å². The molecular weight excluding hydrogens is 465 g/mol. The Balaban J connectivity index is 1.57. The largest absolute Gasteiger partial charge is 0.491 e. The summed E-state index contributed by atoms with van der Waals surface area (Å²) in [6.45, 7) is 6.88. The number of aliphatic hydroxyl groups is 2. The lowest BCUT2D eigenvalue weighted by Crippen LogP contribution is -2.40. The summed E-state index contributed by atoms with van der Waals surface area (Å²) in [7, 11) is 0. The Kier molecular flexibility index (Phi) is 9.70. The van der Waals surface area contributed by atoms with Gasteiger partial charge in [0.2, 0.25) is 0 Å². The zero-order valence-corrected chi connectivity index (χ0v) is 20.7. The second kappa shape index (κ2) is 12.3. The smallest absolute Gasteiger partial charge is 0.165 e. The number of nitrogens with zero attached hydrogens (tertiary/aromatic N) is 1. The molecule has 0 amide bonds. The normalized spacial score (nSPS) is 16.9. The van der Waals surface area contributed by atoms with Gasteiger partial charge in [0.15, 0.2) is 11.6 Å². The van der Waals surface area contributed by atoms with Crippen molar-refractivity contribution in [1.82, 2.24) is 4.90 Å². The molecule has 2 N–H and O–H groups in total. The summed E-state index contributed by atoms with van der Waals surface area (Å²) in [6.07, 6.45) is -1.37. The first kappa shape index (κ1) is 26.1. The van der Waals surface area contributed by atoms with Gasteiger partial charge in [-0.1, -0.05) is 32.0 Å². The molecule has 1 heterocycles. The highest BCUT2D eigenvalue weighted by Crippen LogP contribution is 2.34. The van der Waals surface area contributed by atoms with Crippen LogP contribution in [0.1, 0.15) is 25.0 Å². The maximum atomic E-state index is 14.6. The molecule has 1 saturated heterocycles. The Bertz CT molecular complexity index is 877. The number of hydrogen-bond acceptors (Lipinski definition) is 6. The summed E-state index contributed by atoms with van der Waals surface area (Å²) in [5.74, 6) is 2.55. The molecule has 0 saturated carbocycles. The van der Waals surface area contributed by atoms with Crippen molar-refractivity contribution >= 4 is 23.4 Å². The molecule has 2 aromatic rings. The number of rotatable bonds is 11. The molecular formula is C25H33ClFNO4S. The van der Waals surface area contributed by atoms with Gasteiger partial charge in [-0.05, 0) is 35.4 Å². The standard InChI is InChI=1S/C25H33ClFNO4S/c1-25(2,19-5-8-24(23(27)13-19)32-16-20(29)14-26)18-3-6-22(7-4-18)31-17-21(30)15-28-9-11-33-12-10-28/h3-8,13,20-21,29-30H,9-12,14-17H2,1-2H3. The van der Waals surface area contributed by atoms with Crippen LogP contribution >= 0.6 is 23.4 Å². The molecule has 0 aliphatic carbocycles. The zero-order chi connectivity index (χ0) is 23.8. The van der Waals surface area contributed by atoms with Gasteiger partial charge in [0.05, 0.1) is 5.88 Å². The number of ether oxygens (including phenoxy) is 2. The van der Waals surface area contributed by atoms with E-state index in [2.05, 4.69) is 4.90 Å². The molecule has 1 aliphatic rings. The molecule has 1 aliphatic heterocycles. The van der Waals surface area contributed by atoms with E-state index in [1.54, 1.807) is 6.07 Å². The number of thioether (sulfide) groups is 1. The molecule has 3 rings (SSSR count). The van der Waals surface area contributed by atoms with Crippen molar-refractivity contribution in [2.75, 3.05) is 50.2 Å². The van der Waals surface area contributed by atoms with Crippen LogP contribution in [0.15, 0.2) is 42.5 Å². The van der Waals surface area contributed by atoms with Crippen LogP contribution in [0.3, 0.4) is 0 Å². The molecule has 2 aromatic carbocycles. The van der Waals surface area contributed by atoms with E-state index < -0.39 is 23.4 Å². The van der Waals surface area contributed by atoms with Crippen LogP contribution < -0.4 is 9.47 Å². The fourth-order valence-corrected chi connectivity index (χ4v) is 4.77. The van der Waals surface area contributed by atoms with Crippen molar-refractivity contribution in [3.63, 3.8) is 0 Å². The van der Waals surface area contributed by atoms with Crippen molar-refractivity contribution < 1.29 is 24.1 Å². The van der Waals surface area contributed by atoms with Crippen LogP contribution in [0.4, 0.5) is 4.39 Å². The fraction of sp³-hybridized carbons (Fsp3) is 0.520. The van der Waals surface area contributed by atoms with E-state index in [9.17, 15) is 14.6 Å². The Hall–Kier alpha value is -1.51. The zero-order valence-electron chi connectivity index (χ0n) is 19.2. The van der Waals surface area contributed by atoms with Gasteiger partial charge in [-0.25, -0.2) is 4.39 Å². The molecule has 0 aromatic heterocycles. The van der Waals surface area contributed by atoms with E-state index in [0.29, 0.717) is 12.3 Å². The van der Waals surface area contributed by atoms with Crippen LogP contribution in [0.2, 0.25) is 0 Å². The number of benzene rings is 2. The van der Waals surface area contributed by atoms with E-state index in [4.69, 9.17) is 21.1 Å². The van der Waals surface area contributed by atoms with Gasteiger partial charge in [0.25, 0.3) is 0 Å². The highest BCUT2D eigenvalue weighted by Gasteiger charge is 2.25. The number of hydrogen-bond donors (Lipinski definition) is 2. The number of halogens is 2. The van der Waals surface area contributed by atoms with Crippen LogP contribution in [-0.2, 0) is 5.41 Å². The number of alkyl halides is 1. The number of β-amino-alcohol motifs (C(OH)–C–C–N with tert-alkyl or cyclic N) is 1. The molecule has 182 valence electrons. The fourth-order valence-electron chi connectivity index (χ4n) is 3.70. The van der Waals surface area contributed by atoms with Crippen LogP contribution in [0, 0.1) is 5.82 Å². The van der Waals surface area contributed by atoms with E-state index in [1.807, 2.05) is 55.9 Å². The maximum Gasteiger partial charge on any atom is 0.165 e. The monoisotopic (exact) mass is 497 g/mol. The lowest BCUT2D eigenvalue weighted by Gasteiger charge is -2.28. The van der Waals surface area contributed by atoms with Gasteiger partial charge in [-0.2, -0.15) is 11.8 Å². The average molecular weight is 498 g/mol. The molecule has 0 bridgehead atoms. The van der Waals surface area contributed by atoms with Crippen LogP contribution in [0.5, 0.6) is 11.5 Å². The predicted octanol–water partition coefficient (Wildman–Crippen LogP) is 3.92. The molecule has 8 heteroatoms. The van der Waals surface area contributed by atoms with E-state index >= 15 is 0 Å². The SMILES string of the molecule is CC(C)(c1ccc(OCC(O)CN2CCSCC2)cc1)c1ccc(OCC(O)CCl)c(F)c1. The Morgan fingerprint density at radius 3 is 2.27 bits per heavy atom. The van der Waals surface area contributed by atoms with Crippen LogP contribution in [-0.4, -0.2) is 77.6 Å². The summed E-state index contributed by atoms with van der Waals surface area (Å²) in [6, 6.07) is 12.5. The Morgan fingerprint density at radius 1 is 1.00 bits per heavy atom. The van der Waals surface area contributed by atoms with Crippen molar-refractivity contribution in [2.45, 2.75) is 31.5 Å². The second-order valence-corrected chi connectivity index (χ2v) is 10.3. The summed E-state index contributed by atoms with van der Waals surface area (Å²) < 4.78 is 25.7. The topological polar surface area (TPSA) is 62.2 Å². The van der Waals surface area contributed by atoms with Gasteiger partial charge >= 0.3 is 0 Å². The van der Waals surface area contributed by atoms with Crippen LogP contribution in [0.25, 0.3) is 0 Å². The van der Waals surface area contributed by atoms with Gasteiger partial charge in [-0.15, -0.1) is 11.6 Å². The average Bonchev–Trinajstić information content (AvgIpc) is 2.82. The van der Waals surface area contributed by atoms with Gasteiger partial charge in [0.1, 0.15) is 31.2 Å². The molecule has 33 heavy (non-hydrogen) atoms. The molecule has 1 fully saturated rings. The third-order valence-corrected chi connectivity index (χ3v) is 7.15. The quantitative estimate of drug-likeness (QED) is 0.459. The van der Waals surface area contributed by atoms with Gasteiger partial charge < -0.3 is 19.7 Å². The van der Waals surface area contributed by atoms with E-state index in [-0.39, 0.29) is 24.8 Å². The molecule has 0 spiro atoms. The summed E-state index contributed by atoms with van der Waals surface area (Å²) in [5, 5.41) is 19.8. The first-order chi connectivity index (χ1) is 15.8. The lowest BCUT2D eigenvalue weighted by atomic mass is 9.78. The Morgan fingerprint density at radius 2 is 1.64 bits per heavy atom. The maximum absolute atomic E-state index is 14.6. The van der Waals surface area contributed by atoms with Crippen molar-refractivity contribution in [3.8, 4) is 11.5 Å². The molecule has 0 radical (unpaired) electrons. The van der Waals surface area contributed by atoms with E-state index in [1.165, 1.54) is 6.07 Å². The third kappa shape index (κ3) is 7.49. The first-order valence-corrected chi connectivity index (χ1v) is 12.9. The first-order valence-electron chi connectivity index (χ1n) is 11.2. The lowest BCUT2D eigenvalue weighted by molar-refractivity contribution is 0.0715. The Labute approximate surface area is 204 Å².